The number of carbonyl (C=O) groups is 1. The lowest BCUT2D eigenvalue weighted by Gasteiger charge is -2.21. The van der Waals surface area contributed by atoms with E-state index in [9.17, 15) is 4.79 Å². The van der Waals surface area contributed by atoms with Crippen LogP contribution in [0.2, 0.25) is 0 Å². The first-order valence-electron chi connectivity index (χ1n) is 6.39. The Balaban J connectivity index is 1.76. The largest absolute Gasteiger partial charge is 0.354 e. The van der Waals surface area contributed by atoms with Gasteiger partial charge in [-0.05, 0) is 42.9 Å². The van der Waals surface area contributed by atoms with Crippen LogP contribution in [0.5, 0.6) is 0 Å². The van der Waals surface area contributed by atoms with E-state index in [1.165, 1.54) is 24.0 Å². The number of amides is 1. The zero-order valence-electron chi connectivity index (χ0n) is 9.86. The van der Waals surface area contributed by atoms with Crippen molar-refractivity contribution in [2.24, 2.45) is 5.92 Å². The smallest absolute Gasteiger partial charge is 0.207 e. The Hall–Kier alpha value is -1.35. The summed E-state index contributed by atoms with van der Waals surface area (Å²) < 4.78 is 0. The summed E-state index contributed by atoms with van der Waals surface area (Å²) in [5.41, 5.74) is 2.72. The van der Waals surface area contributed by atoms with Gasteiger partial charge in [0.05, 0.1) is 12.1 Å². The third-order valence-electron chi connectivity index (χ3n) is 3.84. The van der Waals surface area contributed by atoms with Gasteiger partial charge >= 0.3 is 0 Å². The molecule has 0 spiro atoms. The lowest BCUT2D eigenvalue weighted by molar-refractivity contribution is -0.110. The van der Waals surface area contributed by atoms with Gasteiger partial charge in [-0.25, -0.2) is 0 Å². The van der Waals surface area contributed by atoms with Crippen molar-refractivity contribution >= 4 is 6.41 Å². The Kier molecular flexibility index (Phi) is 2.85. The number of fused-ring (bicyclic) bond motifs is 1. The van der Waals surface area contributed by atoms with Gasteiger partial charge in [-0.3, -0.25) is 4.79 Å². The van der Waals surface area contributed by atoms with Crippen molar-refractivity contribution in [3.8, 4) is 0 Å². The minimum Gasteiger partial charge on any atom is -0.354 e. The first-order valence-corrected chi connectivity index (χ1v) is 6.39. The van der Waals surface area contributed by atoms with Crippen molar-refractivity contribution in [1.29, 1.82) is 0 Å². The molecular weight excluding hydrogens is 212 g/mol. The number of carbonyl (C=O) groups excluding carboxylic acids is 1. The van der Waals surface area contributed by atoms with Crippen LogP contribution < -0.4 is 10.6 Å². The number of benzene rings is 1. The molecule has 0 heterocycles. The fourth-order valence-corrected chi connectivity index (χ4v) is 2.71. The summed E-state index contributed by atoms with van der Waals surface area (Å²) in [7, 11) is 0. The normalized spacial score (nSPS) is 26.6. The maximum absolute atomic E-state index is 10.7. The van der Waals surface area contributed by atoms with Crippen molar-refractivity contribution in [3.63, 3.8) is 0 Å². The monoisotopic (exact) mass is 230 g/mol. The molecule has 0 aliphatic heterocycles. The molecule has 0 saturated heterocycles. The fourth-order valence-electron chi connectivity index (χ4n) is 2.71. The molecule has 2 aliphatic carbocycles. The Morgan fingerprint density at radius 1 is 1.29 bits per heavy atom. The van der Waals surface area contributed by atoms with Crippen LogP contribution in [-0.2, 0) is 11.2 Å². The quantitative estimate of drug-likeness (QED) is 0.751. The molecule has 0 radical (unpaired) electrons. The summed E-state index contributed by atoms with van der Waals surface area (Å²) in [6, 6.07) is 8.98. The van der Waals surface area contributed by atoms with Crippen molar-refractivity contribution in [2.45, 2.75) is 31.3 Å². The Morgan fingerprint density at radius 3 is 2.88 bits per heavy atom. The number of rotatable bonds is 5. The molecule has 1 aromatic carbocycles. The molecule has 0 bridgehead atoms. The summed E-state index contributed by atoms with van der Waals surface area (Å²) in [4.78, 5) is 10.7. The molecule has 3 nitrogen and oxygen atoms in total. The summed E-state index contributed by atoms with van der Waals surface area (Å²) in [5, 5.41) is 6.56. The van der Waals surface area contributed by atoms with E-state index in [2.05, 4.69) is 34.9 Å². The highest BCUT2D eigenvalue weighted by molar-refractivity contribution is 5.49. The van der Waals surface area contributed by atoms with Crippen LogP contribution >= 0.6 is 0 Å². The van der Waals surface area contributed by atoms with Crippen molar-refractivity contribution < 1.29 is 4.79 Å². The van der Waals surface area contributed by atoms with Gasteiger partial charge in [-0.15, -0.1) is 0 Å². The van der Waals surface area contributed by atoms with Crippen LogP contribution in [-0.4, -0.2) is 19.0 Å². The average molecular weight is 230 g/mol. The highest BCUT2D eigenvalue weighted by Gasteiger charge is 2.33. The van der Waals surface area contributed by atoms with E-state index >= 15 is 0 Å². The number of hydrogen-bond acceptors (Lipinski definition) is 2. The highest BCUT2D eigenvalue weighted by Crippen LogP contribution is 2.33. The molecule has 1 amide bonds. The summed E-state index contributed by atoms with van der Waals surface area (Å²) in [6.45, 7) is 1.08. The van der Waals surface area contributed by atoms with Gasteiger partial charge in [0, 0.05) is 0 Å². The van der Waals surface area contributed by atoms with Crippen molar-refractivity contribution in [3.05, 3.63) is 35.4 Å². The van der Waals surface area contributed by atoms with E-state index in [0.29, 0.717) is 0 Å². The standard InChI is InChI=1S/C14H18N2O/c17-9-16-13-7-11-3-1-2-4-12(11)14(13)15-8-10-5-6-10/h1-4,9-10,13-15H,5-8H2,(H,16,17)/t13-,14?/m0/s1. The van der Waals surface area contributed by atoms with Crippen LogP contribution in [0.15, 0.2) is 24.3 Å². The Labute approximate surface area is 102 Å². The first-order chi connectivity index (χ1) is 8.38. The molecule has 2 N–H and O–H groups in total. The molecule has 0 aromatic heterocycles. The van der Waals surface area contributed by atoms with Crippen molar-refractivity contribution in [2.75, 3.05) is 6.54 Å². The Bertz CT molecular complexity index is 414. The van der Waals surface area contributed by atoms with E-state index in [4.69, 9.17) is 0 Å². The zero-order chi connectivity index (χ0) is 11.7. The van der Waals surface area contributed by atoms with Crippen molar-refractivity contribution in [1.82, 2.24) is 10.6 Å². The zero-order valence-corrected chi connectivity index (χ0v) is 9.86. The molecule has 2 aliphatic rings. The molecule has 1 fully saturated rings. The lowest BCUT2D eigenvalue weighted by Crippen LogP contribution is -2.39. The molecule has 3 heteroatoms. The third kappa shape index (κ3) is 2.20. The Morgan fingerprint density at radius 2 is 2.12 bits per heavy atom. The van der Waals surface area contributed by atoms with Crippen LogP contribution in [0.4, 0.5) is 0 Å². The summed E-state index contributed by atoms with van der Waals surface area (Å²) in [6.07, 6.45) is 4.47. The minimum absolute atomic E-state index is 0.212. The predicted molar refractivity (Wildman–Crippen MR) is 66.6 cm³/mol. The van der Waals surface area contributed by atoms with Gasteiger partial charge in [0.1, 0.15) is 0 Å². The average Bonchev–Trinajstić information content (AvgIpc) is 3.10. The van der Waals surface area contributed by atoms with E-state index < -0.39 is 0 Å². The first kappa shape index (κ1) is 10.8. The second-order valence-electron chi connectivity index (χ2n) is 5.12. The third-order valence-corrected chi connectivity index (χ3v) is 3.84. The van der Waals surface area contributed by atoms with Gasteiger partial charge in [-0.1, -0.05) is 24.3 Å². The van der Waals surface area contributed by atoms with Crippen LogP contribution in [0, 0.1) is 5.92 Å². The van der Waals surface area contributed by atoms with Crippen LogP contribution in [0.3, 0.4) is 0 Å². The fraction of sp³-hybridized carbons (Fsp3) is 0.500. The lowest BCUT2D eigenvalue weighted by atomic mass is 10.1. The topological polar surface area (TPSA) is 41.1 Å². The molecule has 1 unspecified atom stereocenters. The second kappa shape index (κ2) is 4.49. The van der Waals surface area contributed by atoms with Gasteiger partial charge in [-0.2, -0.15) is 0 Å². The molecule has 1 saturated carbocycles. The number of nitrogens with one attached hydrogen (secondary N) is 2. The van der Waals surface area contributed by atoms with Gasteiger partial charge < -0.3 is 10.6 Å². The highest BCUT2D eigenvalue weighted by atomic mass is 16.1. The van der Waals surface area contributed by atoms with E-state index in [0.717, 1.165) is 25.3 Å². The molecule has 17 heavy (non-hydrogen) atoms. The van der Waals surface area contributed by atoms with E-state index in [1.54, 1.807) is 0 Å². The SMILES string of the molecule is O=CN[C@H]1Cc2ccccc2C1NCC1CC1. The van der Waals surface area contributed by atoms with Gasteiger partial charge in [0.2, 0.25) is 6.41 Å². The maximum atomic E-state index is 10.7. The molecule has 3 rings (SSSR count). The molecule has 90 valence electrons. The summed E-state index contributed by atoms with van der Waals surface area (Å²) >= 11 is 0. The molecular formula is C14H18N2O. The predicted octanol–water partition coefficient (Wildman–Crippen LogP) is 1.40. The summed E-state index contributed by atoms with van der Waals surface area (Å²) in [5.74, 6) is 0.861. The maximum Gasteiger partial charge on any atom is 0.207 e. The van der Waals surface area contributed by atoms with Crippen LogP contribution in [0.25, 0.3) is 0 Å². The van der Waals surface area contributed by atoms with Gasteiger partial charge in [0.25, 0.3) is 0 Å². The second-order valence-corrected chi connectivity index (χ2v) is 5.12. The van der Waals surface area contributed by atoms with Gasteiger partial charge in [0.15, 0.2) is 0 Å². The molecule has 2 atom stereocenters. The van der Waals surface area contributed by atoms with Crippen LogP contribution in [0.1, 0.15) is 30.0 Å². The number of hydrogen-bond donors (Lipinski definition) is 2. The van der Waals surface area contributed by atoms with E-state index in [-0.39, 0.29) is 12.1 Å². The van der Waals surface area contributed by atoms with E-state index in [1.807, 2.05) is 0 Å². The minimum atomic E-state index is 0.212. The molecule has 1 aromatic rings.